The number of carbonyl (C=O) groups excluding carboxylic acids is 1. The molecule has 2 rings (SSSR count). The van der Waals surface area contributed by atoms with Crippen LogP contribution in [0.5, 0.6) is 0 Å². The van der Waals surface area contributed by atoms with Gasteiger partial charge in [-0.2, -0.15) is 9.40 Å². The van der Waals surface area contributed by atoms with Crippen LogP contribution in [0.25, 0.3) is 0 Å². The third kappa shape index (κ3) is 3.96. The van der Waals surface area contributed by atoms with Gasteiger partial charge < -0.3 is 5.32 Å². The highest BCUT2D eigenvalue weighted by Crippen LogP contribution is 2.20. The summed E-state index contributed by atoms with van der Waals surface area (Å²) in [5.74, 6) is -0.204. The number of nitrogens with one attached hydrogen (secondary N) is 1. The van der Waals surface area contributed by atoms with E-state index < -0.39 is 10.0 Å². The molecule has 1 amide bonds. The first-order valence-corrected chi connectivity index (χ1v) is 8.47. The third-order valence-corrected chi connectivity index (χ3v) is 5.21. The average molecular weight is 336 g/mol. The number of rotatable bonds is 5. The first kappa shape index (κ1) is 17.2. The first-order valence-electron chi connectivity index (χ1n) is 7.03. The number of hydrogen-bond acceptors (Lipinski definition) is 4. The van der Waals surface area contributed by atoms with Crippen LogP contribution in [0.1, 0.15) is 18.2 Å². The van der Waals surface area contributed by atoms with Crippen molar-refractivity contribution in [1.82, 2.24) is 14.1 Å². The van der Waals surface area contributed by atoms with Crippen LogP contribution >= 0.6 is 0 Å². The maximum atomic E-state index is 12.6. The lowest BCUT2D eigenvalue weighted by Crippen LogP contribution is -2.26. The number of anilines is 1. The van der Waals surface area contributed by atoms with Crippen LogP contribution in [0, 0.1) is 6.92 Å². The van der Waals surface area contributed by atoms with Crippen LogP contribution in [-0.4, -0.2) is 35.5 Å². The lowest BCUT2D eigenvalue weighted by atomic mass is 10.3. The Balaban J connectivity index is 2.19. The smallest absolute Gasteiger partial charge is 0.243 e. The minimum absolute atomic E-state index is 0.177. The first-order chi connectivity index (χ1) is 10.7. The van der Waals surface area contributed by atoms with Crippen molar-refractivity contribution < 1.29 is 13.2 Å². The molecule has 0 spiro atoms. The average Bonchev–Trinajstić information content (AvgIpc) is 2.76. The molecule has 1 N–H and O–H groups in total. The Morgan fingerprint density at radius 3 is 2.39 bits per heavy atom. The molecule has 0 bridgehead atoms. The van der Waals surface area contributed by atoms with Crippen molar-refractivity contribution in [2.75, 3.05) is 12.4 Å². The van der Waals surface area contributed by atoms with Crippen LogP contribution in [0.3, 0.4) is 0 Å². The molecule has 0 unspecified atom stereocenters. The second kappa shape index (κ2) is 6.51. The molecular formula is C15H20N4O3S. The van der Waals surface area contributed by atoms with Gasteiger partial charge in [0.15, 0.2) is 0 Å². The number of carbonyl (C=O) groups is 1. The summed E-state index contributed by atoms with van der Waals surface area (Å²) in [6.45, 7) is 3.49. The SMILES string of the molecule is CC(=O)Nc1ccc(S(=O)(=O)N(C)Cc2cn(C)nc2C)cc1. The zero-order valence-electron chi connectivity index (χ0n) is 13.6. The van der Waals surface area contributed by atoms with E-state index in [1.165, 1.54) is 30.4 Å². The van der Waals surface area contributed by atoms with E-state index in [-0.39, 0.29) is 17.3 Å². The van der Waals surface area contributed by atoms with E-state index >= 15 is 0 Å². The van der Waals surface area contributed by atoms with Gasteiger partial charge in [-0.25, -0.2) is 8.42 Å². The van der Waals surface area contributed by atoms with Crippen molar-refractivity contribution in [3.63, 3.8) is 0 Å². The maximum Gasteiger partial charge on any atom is 0.243 e. The van der Waals surface area contributed by atoms with E-state index in [1.807, 2.05) is 6.92 Å². The molecule has 7 nitrogen and oxygen atoms in total. The minimum Gasteiger partial charge on any atom is -0.326 e. The molecule has 2 aromatic rings. The Morgan fingerprint density at radius 1 is 1.30 bits per heavy atom. The molecule has 0 aliphatic heterocycles. The highest BCUT2D eigenvalue weighted by Gasteiger charge is 2.22. The molecule has 0 aliphatic rings. The van der Waals surface area contributed by atoms with Crippen molar-refractivity contribution in [1.29, 1.82) is 0 Å². The van der Waals surface area contributed by atoms with E-state index in [0.717, 1.165) is 11.3 Å². The molecular weight excluding hydrogens is 316 g/mol. The zero-order valence-corrected chi connectivity index (χ0v) is 14.4. The van der Waals surface area contributed by atoms with Gasteiger partial charge in [-0.05, 0) is 31.2 Å². The Kier molecular flexibility index (Phi) is 4.86. The second-order valence-corrected chi connectivity index (χ2v) is 7.42. The lowest BCUT2D eigenvalue weighted by Gasteiger charge is -2.17. The summed E-state index contributed by atoms with van der Waals surface area (Å²) in [4.78, 5) is 11.2. The normalized spacial score (nSPS) is 11.7. The van der Waals surface area contributed by atoms with Crippen molar-refractivity contribution in [2.24, 2.45) is 7.05 Å². The van der Waals surface area contributed by atoms with Gasteiger partial charge in [0.25, 0.3) is 0 Å². The van der Waals surface area contributed by atoms with E-state index in [9.17, 15) is 13.2 Å². The summed E-state index contributed by atoms with van der Waals surface area (Å²) in [5, 5.41) is 6.82. The molecule has 124 valence electrons. The third-order valence-electron chi connectivity index (χ3n) is 3.39. The van der Waals surface area contributed by atoms with Gasteiger partial charge in [-0.1, -0.05) is 0 Å². The Labute approximate surface area is 136 Å². The standard InChI is InChI=1S/C15H20N4O3S/c1-11-13(9-18(3)17-11)10-19(4)23(21,22)15-7-5-14(6-8-15)16-12(2)20/h5-9H,10H2,1-4H3,(H,16,20). The van der Waals surface area contributed by atoms with Gasteiger partial charge in [0.05, 0.1) is 10.6 Å². The van der Waals surface area contributed by atoms with Crippen molar-refractivity contribution in [2.45, 2.75) is 25.3 Å². The summed E-state index contributed by atoms with van der Waals surface area (Å²) in [6, 6.07) is 6.09. The van der Waals surface area contributed by atoms with E-state index in [4.69, 9.17) is 0 Å². The van der Waals surface area contributed by atoms with Gasteiger partial charge in [0, 0.05) is 45.0 Å². The predicted molar refractivity (Wildman–Crippen MR) is 87.3 cm³/mol. The van der Waals surface area contributed by atoms with Gasteiger partial charge >= 0.3 is 0 Å². The lowest BCUT2D eigenvalue weighted by molar-refractivity contribution is -0.114. The number of benzene rings is 1. The molecule has 1 heterocycles. The van der Waals surface area contributed by atoms with Crippen LogP contribution < -0.4 is 5.32 Å². The van der Waals surface area contributed by atoms with Crippen molar-refractivity contribution in [3.8, 4) is 0 Å². The molecule has 23 heavy (non-hydrogen) atoms. The molecule has 1 aromatic heterocycles. The van der Waals surface area contributed by atoms with E-state index in [2.05, 4.69) is 10.4 Å². The molecule has 0 fully saturated rings. The van der Waals surface area contributed by atoms with Gasteiger partial charge in [0.2, 0.25) is 15.9 Å². The summed E-state index contributed by atoms with van der Waals surface area (Å²) in [5.41, 5.74) is 2.21. The topological polar surface area (TPSA) is 84.3 Å². The fourth-order valence-electron chi connectivity index (χ4n) is 2.22. The molecule has 0 atom stereocenters. The molecule has 1 aromatic carbocycles. The Hall–Kier alpha value is -2.19. The van der Waals surface area contributed by atoms with E-state index in [0.29, 0.717) is 5.69 Å². The number of amides is 1. The van der Waals surface area contributed by atoms with Crippen molar-refractivity contribution >= 4 is 21.6 Å². The van der Waals surface area contributed by atoms with Gasteiger partial charge in [-0.3, -0.25) is 9.48 Å². The molecule has 0 saturated heterocycles. The second-order valence-electron chi connectivity index (χ2n) is 5.38. The predicted octanol–water partition coefficient (Wildman–Crippen LogP) is 1.51. The molecule has 8 heteroatoms. The van der Waals surface area contributed by atoms with Crippen LogP contribution in [0.2, 0.25) is 0 Å². The minimum atomic E-state index is -3.61. The largest absolute Gasteiger partial charge is 0.326 e. The van der Waals surface area contributed by atoms with E-state index in [1.54, 1.807) is 30.1 Å². The highest BCUT2D eigenvalue weighted by molar-refractivity contribution is 7.89. The number of aryl methyl sites for hydroxylation is 2. The van der Waals surface area contributed by atoms with Crippen LogP contribution in [-0.2, 0) is 28.4 Å². The number of hydrogen-bond donors (Lipinski definition) is 1. The fraction of sp³-hybridized carbons (Fsp3) is 0.333. The van der Waals surface area contributed by atoms with Gasteiger partial charge in [0.1, 0.15) is 0 Å². The number of nitrogens with zero attached hydrogens (tertiary/aromatic N) is 3. The summed E-state index contributed by atoms with van der Waals surface area (Å²) < 4.78 is 28.1. The van der Waals surface area contributed by atoms with Crippen LogP contribution in [0.4, 0.5) is 5.69 Å². The monoisotopic (exact) mass is 336 g/mol. The zero-order chi connectivity index (χ0) is 17.2. The molecule has 0 radical (unpaired) electrons. The quantitative estimate of drug-likeness (QED) is 0.897. The van der Waals surface area contributed by atoms with Crippen LogP contribution in [0.15, 0.2) is 35.4 Å². The fourth-order valence-corrected chi connectivity index (χ4v) is 3.37. The molecule has 0 saturated carbocycles. The maximum absolute atomic E-state index is 12.6. The summed E-state index contributed by atoms with van der Waals surface area (Å²) in [6.07, 6.45) is 1.81. The number of sulfonamides is 1. The highest BCUT2D eigenvalue weighted by atomic mass is 32.2. The number of aromatic nitrogens is 2. The Bertz CT molecular complexity index is 810. The Morgan fingerprint density at radius 2 is 1.91 bits per heavy atom. The van der Waals surface area contributed by atoms with Crippen molar-refractivity contribution in [3.05, 3.63) is 41.7 Å². The van der Waals surface area contributed by atoms with Gasteiger partial charge in [-0.15, -0.1) is 0 Å². The molecule has 0 aliphatic carbocycles. The summed E-state index contributed by atoms with van der Waals surface area (Å²) in [7, 11) is -0.278. The summed E-state index contributed by atoms with van der Waals surface area (Å²) >= 11 is 0.